The molecule has 1 heterocycles. The molecule has 2 aromatic rings. The summed E-state index contributed by atoms with van der Waals surface area (Å²) >= 11 is 0. The van der Waals surface area contributed by atoms with Gasteiger partial charge >= 0.3 is 0 Å². The Balaban J connectivity index is 1.44. The highest BCUT2D eigenvalue weighted by molar-refractivity contribution is 5.80. The van der Waals surface area contributed by atoms with Gasteiger partial charge in [-0.25, -0.2) is 4.39 Å². The number of ether oxygens (including phenoxy) is 1. The molecule has 1 atom stereocenters. The maximum Gasteiger partial charge on any atom is 0.226 e. The number of nitrogens with zero attached hydrogens (tertiary/aromatic N) is 3. The Hall–Kier alpha value is -2.64. The van der Waals surface area contributed by atoms with Crippen molar-refractivity contribution >= 4 is 5.96 Å². The molecule has 0 aliphatic heterocycles. The van der Waals surface area contributed by atoms with E-state index < -0.39 is 0 Å². The standard InChI is InChI=1S/C20H28FN5O2/c1-13(16-8-9-18(17(21)11-16)27-12-15-6-7-15)24-20(22-3)23-10-4-5-19-25-14(2)26-28-19/h8-9,11,13,15H,4-7,10,12H2,1-3H3,(H2,22,23,24). The monoisotopic (exact) mass is 389 g/mol. The first-order valence-electron chi connectivity index (χ1n) is 9.73. The van der Waals surface area contributed by atoms with Crippen molar-refractivity contribution in [2.75, 3.05) is 20.2 Å². The van der Waals surface area contributed by atoms with Crippen LogP contribution in [0.25, 0.3) is 0 Å². The van der Waals surface area contributed by atoms with E-state index in [1.54, 1.807) is 20.0 Å². The third-order valence-electron chi connectivity index (χ3n) is 4.63. The van der Waals surface area contributed by atoms with Crippen molar-refractivity contribution in [2.45, 2.75) is 45.6 Å². The average molecular weight is 389 g/mol. The second-order valence-electron chi connectivity index (χ2n) is 7.15. The molecule has 1 aromatic heterocycles. The molecule has 1 unspecified atom stereocenters. The van der Waals surface area contributed by atoms with Crippen molar-refractivity contribution < 1.29 is 13.7 Å². The number of guanidine groups is 1. The Kier molecular flexibility index (Phi) is 6.84. The van der Waals surface area contributed by atoms with Crippen LogP contribution >= 0.6 is 0 Å². The van der Waals surface area contributed by atoms with Crippen LogP contribution in [-0.2, 0) is 6.42 Å². The Labute approximate surface area is 164 Å². The van der Waals surface area contributed by atoms with Gasteiger partial charge in [0.1, 0.15) is 0 Å². The fraction of sp³-hybridized carbons (Fsp3) is 0.550. The molecule has 0 radical (unpaired) electrons. The first-order valence-corrected chi connectivity index (χ1v) is 9.73. The van der Waals surface area contributed by atoms with Gasteiger partial charge in [-0.3, -0.25) is 4.99 Å². The fourth-order valence-electron chi connectivity index (χ4n) is 2.77. The molecule has 2 N–H and O–H groups in total. The number of benzene rings is 1. The third-order valence-corrected chi connectivity index (χ3v) is 4.63. The summed E-state index contributed by atoms with van der Waals surface area (Å²) in [5, 5.41) is 10.3. The SMILES string of the molecule is CN=C(NCCCc1nc(C)no1)NC(C)c1ccc(OCC2CC2)c(F)c1. The minimum atomic E-state index is -0.329. The topological polar surface area (TPSA) is 84.6 Å². The molecule has 0 spiro atoms. The van der Waals surface area contributed by atoms with Crippen molar-refractivity contribution in [2.24, 2.45) is 10.9 Å². The normalized spacial score (nSPS) is 15.4. The zero-order valence-electron chi connectivity index (χ0n) is 16.7. The predicted octanol–water partition coefficient (Wildman–Crippen LogP) is 3.16. The van der Waals surface area contributed by atoms with Crippen LogP contribution in [0.2, 0.25) is 0 Å². The van der Waals surface area contributed by atoms with Crippen LogP contribution in [0.3, 0.4) is 0 Å². The summed E-state index contributed by atoms with van der Waals surface area (Å²) in [5.41, 5.74) is 0.834. The van der Waals surface area contributed by atoms with Gasteiger partial charge in [-0.2, -0.15) is 4.98 Å². The van der Waals surface area contributed by atoms with E-state index in [1.165, 1.54) is 18.9 Å². The number of halogens is 1. The summed E-state index contributed by atoms with van der Waals surface area (Å²) in [6.07, 6.45) is 3.90. The molecule has 0 saturated heterocycles. The molecule has 1 saturated carbocycles. The van der Waals surface area contributed by atoms with Crippen molar-refractivity contribution in [1.29, 1.82) is 0 Å². The molecule has 1 aromatic carbocycles. The van der Waals surface area contributed by atoms with Crippen LogP contribution in [0, 0.1) is 18.7 Å². The van der Waals surface area contributed by atoms with Crippen LogP contribution in [-0.4, -0.2) is 36.3 Å². The van der Waals surface area contributed by atoms with Gasteiger partial charge in [0.25, 0.3) is 0 Å². The second-order valence-corrected chi connectivity index (χ2v) is 7.15. The van der Waals surface area contributed by atoms with Gasteiger partial charge in [-0.1, -0.05) is 11.2 Å². The van der Waals surface area contributed by atoms with E-state index in [1.807, 2.05) is 13.0 Å². The minimum absolute atomic E-state index is 0.100. The quantitative estimate of drug-likeness (QED) is 0.389. The van der Waals surface area contributed by atoms with Crippen LogP contribution in [0.15, 0.2) is 27.7 Å². The summed E-state index contributed by atoms with van der Waals surface area (Å²) in [4.78, 5) is 8.40. The fourth-order valence-corrected chi connectivity index (χ4v) is 2.77. The lowest BCUT2D eigenvalue weighted by Gasteiger charge is -2.19. The maximum atomic E-state index is 14.3. The molecule has 7 nitrogen and oxygen atoms in total. The van der Waals surface area contributed by atoms with E-state index in [0.29, 0.717) is 48.9 Å². The first kappa shape index (κ1) is 20.1. The van der Waals surface area contributed by atoms with E-state index in [-0.39, 0.29) is 11.9 Å². The van der Waals surface area contributed by atoms with Gasteiger partial charge in [0, 0.05) is 20.0 Å². The Morgan fingerprint density at radius 1 is 1.43 bits per heavy atom. The minimum Gasteiger partial charge on any atom is -0.490 e. The largest absolute Gasteiger partial charge is 0.490 e. The summed E-state index contributed by atoms with van der Waals surface area (Å²) in [7, 11) is 1.71. The van der Waals surface area contributed by atoms with E-state index >= 15 is 0 Å². The summed E-state index contributed by atoms with van der Waals surface area (Å²) < 4.78 is 24.9. The number of rotatable bonds is 9. The Morgan fingerprint density at radius 3 is 2.89 bits per heavy atom. The predicted molar refractivity (Wildman–Crippen MR) is 105 cm³/mol. The molecular formula is C20H28FN5O2. The molecule has 0 bridgehead atoms. The van der Waals surface area contributed by atoms with Gasteiger partial charge in [0.2, 0.25) is 5.89 Å². The summed E-state index contributed by atoms with van der Waals surface area (Å²) in [6.45, 7) is 5.07. The van der Waals surface area contributed by atoms with Crippen LogP contribution in [0.4, 0.5) is 4.39 Å². The van der Waals surface area contributed by atoms with Crippen molar-refractivity contribution in [3.8, 4) is 5.75 Å². The molecule has 8 heteroatoms. The van der Waals surface area contributed by atoms with E-state index in [4.69, 9.17) is 9.26 Å². The Bertz CT molecular complexity index is 804. The van der Waals surface area contributed by atoms with Crippen LogP contribution in [0.1, 0.15) is 49.5 Å². The van der Waals surface area contributed by atoms with Gasteiger partial charge in [-0.15, -0.1) is 0 Å². The summed E-state index contributed by atoms with van der Waals surface area (Å²) in [6, 6.07) is 5.00. The highest BCUT2D eigenvalue weighted by Gasteiger charge is 2.22. The van der Waals surface area contributed by atoms with E-state index in [9.17, 15) is 4.39 Å². The van der Waals surface area contributed by atoms with Crippen LogP contribution < -0.4 is 15.4 Å². The van der Waals surface area contributed by atoms with Crippen molar-refractivity contribution in [3.63, 3.8) is 0 Å². The zero-order chi connectivity index (χ0) is 19.9. The third kappa shape index (κ3) is 5.94. The van der Waals surface area contributed by atoms with Crippen molar-refractivity contribution in [1.82, 2.24) is 20.8 Å². The van der Waals surface area contributed by atoms with Gasteiger partial charge < -0.3 is 19.9 Å². The number of hydrogen-bond acceptors (Lipinski definition) is 5. The van der Waals surface area contributed by atoms with Crippen LogP contribution in [0.5, 0.6) is 5.75 Å². The smallest absolute Gasteiger partial charge is 0.226 e. The lowest BCUT2D eigenvalue weighted by molar-refractivity contribution is 0.285. The Morgan fingerprint density at radius 2 is 2.25 bits per heavy atom. The number of nitrogens with one attached hydrogen (secondary N) is 2. The number of aliphatic imine (C=N–C) groups is 1. The van der Waals surface area contributed by atoms with E-state index in [2.05, 4.69) is 25.8 Å². The molecule has 1 aliphatic rings. The zero-order valence-corrected chi connectivity index (χ0v) is 16.7. The molecule has 0 amide bonds. The maximum absolute atomic E-state index is 14.3. The lowest BCUT2D eigenvalue weighted by atomic mass is 10.1. The number of hydrogen-bond donors (Lipinski definition) is 2. The first-order chi connectivity index (χ1) is 13.5. The van der Waals surface area contributed by atoms with Gasteiger partial charge in [-0.05, 0) is 56.7 Å². The molecule has 1 aliphatic carbocycles. The molecule has 28 heavy (non-hydrogen) atoms. The van der Waals surface area contributed by atoms with Crippen molar-refractivity contribution in [3.05, 3.63) is 41.3 Å². The molecule has 1 fully saturated rings. The van der Waals surface area contributed by atoms with Gasteiger partial charge in [0.05, 0.1) is 12.6 Å². The van der Waals surface area contributed by atoms with E-state index in [0.717, 1.165) is 12.0 Å². The number of aromatic nitrogens is 2. The highest BCUT2D eigenvalue weighted by Crippen LogP contribution is 2.30. The van der Waals surface area contributed by atoms with Gasteiger partial charge in [0.15, 0.2) is 23.4 Å². The average Bonchev–Trinajstić information content (AvgIpc) is 3.42. The lowest BCUT2D eigenvalue weighted by Crippen LogP contribution is -2.39. The second kappa shape index (κ2) is 9.52. The molecule has 152 valence electrons. The molecular weight excluding hydrogens is 361 g/mol. The highest BCUT2D eigenvalue weighted by atomic mass is 19.1. The molecule has 3 rings (SSSR count). The summed E-state index contributed by atoms with van der Waals surface area (Å²) in [5.74, 6) is 2.52. The number of aryl methyl sites for hydroxylation is 2.